The molecule has 1 aromatic carbocycles. The van der Waals surface area contributed by atoms with Gasteiger partial charge >= 0.3 is 0 Å². The first kappa shape index (κ1) is 16.0. The molecule has 0 saturated heterocycles. The molecule has 0 fully saturated rings. The molecule has 2 heterocycles. The summed E-state index contributed by atoms with van der Waals surface area (Å²) in [5, 5.41) is 10.5. The van der Waals surface area contributed by atoms with E-state index in [-0.39, 0.29) is 5.91 Å². The van der Waals surface area contributed by atoms with Gasteiger partial charge in [0.1, 0.15) is 10.7 Å². The van der Waals surface area contributed by atoms with Gasteiger partial charge in [0.2, 0.25) is 0 Å². The summed E-state index contributed by atoms with van der Waals surface area (Å²) < 4.78 is 1.69. The molecule has 5 nitrogen and oxygen atoms in total. The van der Waals surface area contributed by atoms with Crippen LogP contribution in [0.2, 0.25) is 10.0 Å². The first-order chi connectivity index (χ1) is 11.0. The zero-order chi connectivity index (χ0) is 16.4. The van der Waals surface area contributed by atoms with Gasteiger partial charge in [-0.15, -0.1) is 11.3 Å². The van der Waals surface area contributed by atoms with Gasteiger partial charge in [-0.3, -0.25) is 9.48 Å². The van der Waals surface area contributed by atoms with Crippen molar-refractivity contribution in [1.82, 2.24) is 20.1 Å². The highest BCUT2D eigenvalue weighted by Crippen LogP contribution is 2.23. The maximum atomic E-state index is 12.2. The van der Waals surface area contributed by atoms with Crippen LogP contribution in [-0.2, 0) is 13.6 Å². The smallest absolute Gasteiger partial charge is 0.271 e. The van der Waals surface area contributed by atoms with Crippen molar-refractivity contribution in [3.63, 3.8) is 0 Å². The van der Waals surface area contributed by atoms with E-state index in [1.807, 2.05) is 13.2 Å². The Balaban J connectivity index is 1.68. The Kier molecular flexibility index (Phi) is 4.66. The van der Waals surface area contributed by atoms with Gasteiger partial charge in [-0.2, -0.15) is 5.10 Å². The van der Waals surface area contributed by atoms with Crippen LogP contribution in [0, 0.1) is 0 Å². The first-order valence-corrected chi connectivity index (χ1v) is 8.33. The second kappa shape index (κ2) is 6.70. The van der Waals surface area contributed by atoms with Gasteiger partial charge in [-0.1, -0.05) is 29.3 Å². The van der Waals surface area contributed by atoms with Gasteiger partial charge in [0, 0.05) is 40.8 Å². The number of carbonyl (C=O) groups is 1. The molecule has 2 aromatic heterocycles. The predicted molar refractivity (Wildman–Crippen MR) is 91.9 cm³/mol. The van der Waals surface area contributed by atoms with E-state index in [0.717, 1.165) is 16.1 Å². The SMILES string of the molecule is Cn1cc(-c2nc(C(=O)NCc3ccc(Cl)cc3Cl)cs2)cn1. The molecule has 0 unspecified atom stereocenters. The Morgan fingerprint density at radius 3 is 2.91 bits per heavy atom. The highest BCUT2D eigenvalue weighted by Gasteiger charge is 2.13. The van der Waals surface area contributed by atoms with E-state index in [1.165, 1.54) is 11.3 Å². The molecule has 0 aliphatic rings. The van der Waals surface area contributed by atoms with Crippen LogP contribution in [0.25, 0.3) is 10.6 Å². The Morgan fingerprint density at radius 1 is 1.39 bits per heavy atom. The molecule has 0 atom stereocenters. The van der Waals surface area contributed by atoms with Gasteiger partial charge in [0.25, 0.3) is 5.91 Å². The number of aromatic nitrogens is 3. The van der Waals surface area contributed by atoms with Crippen molar-refractivity contribution >= 4 is 40.4 Å². The average molecular weight is 367 g/mol. The Morgan fingerprint density at radius 2 is 2.22 bits per heavy atom. The fourth-order valence-corrected chi connectivity index (χ4v) is 3.22. The molecule has 8 heteroatoms. The minimum atomic E-state index is -0.248. The van der Waals surface area contributed by atoms with E-state index < -0.39 is 0 Å². The highest BCUT2D eigenvalue weighted by atomic mass is 35.5. The lowest BCUT2D eigenvalue weighted by atomic mass is 10.2. The van der Waals surface area contributed by atoms with Crippen LogP contribution in [0.3, 0.4) is 0 Å². The van der Waals surface area contributed by atoms with E-state index >= 15 is 0 Å². The van der Waals surface area contributed by atoms with Crippen molar-refractivity contribution in [2.45, 2.75) is 6.54 Å². The fourth-order valence-electron chi connectivity index (χ4n) is 1.97. The van der Waals surface area contributed by atoms with Crippen LogP contribution in [0.4, 0.5) is 0 Å². The zero-order valence-electron chi connectivity index (χ0n) is 12.1. The molecule has 0 spiro atoms. The molecule has 118 valence electrons. The number of nitrogens with zero attached hydrogens (tertiary/aromatic N) is 3. The van der Waals surface area contributed by atoms with Crippen molar-refractivity contribution in [2.24, 2.45) is 7.05 Å². The highest BCUT2D eigenvalue weighted by molar-refractivity contribution is 7.13. The van der Waals surface area contributed by atoms with E-state index in [1.54, 1.807) is 34.5 Å². The summed E-state index contributed by atoms with van der Waals surface area (Å²) in [6.45, 7) is 0.314. The number of thiazole rings is 1. The number of carbonyl (C=O) groups excluding carboxylic acids is 1. The van der Waals surface area contributed by atoms with Crippen molar-refractivity contribution in [1.29, 1.82) is 0 Å². The molecule has 1 amide bonds. The van der Waals surface area contributed by atoms with Crippen molar-refractivity contribution < 1.29 is 4.79 Å². The molecule has 1 N–H and O–H groups in total. The Bertz CT molecular complexity index is 859. The van der Waals surface area contributed by atoms with Crippen LogP contribution in [0.5, 0.6) is 0 Å². The van der Waals surface area contributed by atoms with Gasteiger partial charge < -0.3 is 5.32 Å². The predicted octanol–water partition coefficient (Wildman–Crippen LogP) is 3.78. The standard InChI is InChI=1S/C15H12Cl2N4OS/c1-21-7-10(6-19-21)15-20-13(8-23-15)14(22)18-5-9-2-3-11(16)4-12(9)17/h2-4,6-8H,5H2,1H3,(H,18,22). The second-order valence-electron chi connectivity index (χ2n) is 4.86. The lowest BCUT2D eigenvalue weighted by Gasteiger charge is -2.06. The van der Waals surface area contributed by atoms with E-state index in [4.69, 9.17) is 23.2 Å². The summed E-state index contributed by atoms with van der Waals surface area (Å²) in [5.74, 6) is -0.248. The summed E-state index contributed by atoms with van der Waals surface area (Å²) >= 11 is 13.3. The third-order valence-electron chi connectivity index (χ3n) is 3.14. The van der Waals surface area contributed by atoms with Crippen LogP contribution in [-0.4, -0.2) is 20.7 Å². The largest absolute Gasteiger partial charge is 0.347 e. The third kappa shape index (κ3) is 3.72. The Labute approximate surface area is 146 Å². The van der Waals surface area contributed by atoms with E-state index in [0.29, 0.717) is 22.3 Å². The molecule has 0 saturated carbocycles. The molecule has 0 bridgehead atoms. The zero-order valence-corrected chi connectivity index (χ0v) is 14.4. The molecule has 3 rings (SSSR count). The van der Waals surface area contributed by atoms with E-state index in [2.05, 4.69) is 15.4 Å². The summed E-state index contributed by atoms with van der Waals surface area (Å²) in [7, 11) is 1.83. The van der Waals surface area contributed by atoms with Crippen molar-refractivity contribution in [3.05, 3.63) is 57.3 Å². The van der Waals surface area contributed by atoms with Crippen molar-refractivity contribution in [3.8, 4) is 10.6 Å². The summed E-state index contributed by atoms with van der Waals surface area (Å²) in [4.78, 5) is 16.5. The molecule has 0 radical (unpaired) electrons. The van der Waals surface area contributed by atoms with Crippen molar-refractivity contribution in [2.75, 3.05) is 0 Å². The number of nitrogens with one attached hydrogen (secondary N) is 1. The number of hydrogen-bond acceptors (Lipinski definition) is 4. The monoisotopic (exact) mass is 366 g/mol. The second-order valence-corrected chi connectivity index (χ2v) is 6.56. The van der Waals surface area contributed by atoms with Gasteiger partial charge in [0.15, 0.2) is 0 Å². The lowest BCUT2D eigenvalue weighted by molar-refractivity contribution is 0.0946. The molecular weight excluding hydrogens is 355 g/mol. The number of rotatable bonds is 4. The number of benzene rings is 1. The number of hydrogen-bond donors (Lipinski definition) is 1. The quantitative estimate of drug-likeness (QED) is 0.764. The molecule has 23 heavy (non-hydrogen) atoms. The fraction of sp³-hybridized carbons (Fsp3) is 0.133. The van der Waals surface area contributed by atoms with Crippen LogP contribution < -0.4 is 5.32 Å². The van der Waals surface area contributed by atoms with E-state index in [9.17, 15) is 4.79 Å². The number of amides is 1. The summed E-state index contributed by atoms with van der Waals surface area (Å²) in [6, 6.07) is 5.17. The van der Waals surface area contributed by atoms with Gasteiger partial charge in [0.05, 0.1) is 6.20 Å². The van der Waals surface area contributed by atoms with Crippen LogP contribution in [0.1, 0.15) is 16.1 Å². The molecule has 3 aromatic rings. The molecular formula is C15H12Cl2N4OS. The summed E-state index contributed by atoms with van der Waals surface area (Å²) in [6.07, 6.45) is 3.57. The normalized spacial score (nSPS) is 10.7. The van der Waals surface area contributed by atoms with Gasteiger partial charge in [-0.25, -0.2) is 4.98 Å². The lowest BCUT2D eigenvalue weighted by Crippen LogP contribution is -2.23. The topological polar surface area (TPSA) is 59.8 Å². The third-order valence-corrected chi connectivity index (χ3v) is 4.62. The number of aryl methyl sites for hydroxylation is 1. The van der Waals surface area contributed by atoms with Crippen LogP contribution >= 0.6 is 34.5 Å². The maximum Gasteiger partial charge on any atom is 0.271 e. The van der Waals surface area contributed by atoms with Crippen LogP contribution in [0.15, 0.2) is 36.0 Å². The minimum absolute atomic E-state index is 0.248. The first-order valence-electron chi connectivity index (χ1n) is 6.69. The minimum Gasteiger partial charge on any atom is -0.347 e. The number of halogens is 2. The Hall–Kier alpha value is -1.89. The molecule has 0 aliphatic heterocycles. The molecule has 0 aliphatic carbocycles. The summed E-state index contributed by atoms with van der Waals surface area (Å²) in [5.41, 5.74) is 2.06. The average Bonchev–Trinajstić information content (AvgIpc) is 3.14. The maximum absolute atomic E-state index is 12.2. The van der Waals surface area contributed by atoms with Gasteiger partial charge in [-0.05, 0) is 17.7 Å².